The Kier molecular flexibility index (Phi) is 20.5. The van der Waals surface area contributed by atoms with Gasteiger partial charge in [-0.15, -0.1) is 0 Å². The predicted octanol–water partition coefficient (Wildman–Crippen LogP) is 1.37. The third kappa shape index (κ3) is 9.15. The van der Waals surface area contributed by atoms with Crippen LogP contribution in [0.15, 0.2) is 0 Å². The minimum absolute atomic E-state index is 0. The Bertz CT molecular complexity index is 6.00. The second kappa shape index (κ2) is 8.85. The molecule has 0 aliphatic rings. The van der Waals surface area contributed by atoms with Gasteiger partial charge in [0, 0.05) is 17.1 Å². The third-order valence-electron chi connectivity index (χ3n) is 0. The Labute approximate surface area is 52.7 Å². The van der Waals surface area contributed by atoms with E-state index in [2.05, 4.69) is 0 Å². The van der Waals surface area contributed by atoms with E-state index in [1.165, 1.54) is 0 Å². The first-order valence-corrected chi connectivity index (χ1v) is 5.60. The van der Waals surface area contributed by atoms with Crippen molar-refractivity contribution in [1.29, 1.82) is 0 Å². The van der Waals surface area contributed by atoms with Gasteiger partial charge in [0.15, 0.2) is 0 Å². The average molecular weight is 324 g/mol. The van der Waals surface area contributed by atoms with Crippen LogP contribution < -0.4 is 0 Å². The van der Waals surface area contributed by atoms with Crippen molar-refractivity contribution in [3.8, 4) is 0 Å². The second-order valence-corrected chi connectivity index (χ2v) is 3.17. The van der Waals surface area contributed by atoms with Crippen LogP contribution in [-0.2, 0) is 34.7 Å². The summed E-state index contributed by atoms with van der Waals surface area (Å²) < 4.78 is 0. The molecule has 0 N–H and O–H groups in total. The van der Waals surface area contributed by atoms with Crippen molar-refractivity contribution in [2.24, 2.45) is 0 Å². The van der Waals surface area contributed by atoms with Crippen LogP contribution in [0.4, 0.5) is 0 Å². The number of hydrogen-bond donors (Lipinski definition) is 0. The van der Waals surface area contributed by atoms with Gasteiger partial charge in [0.05, 0.1) is 0 Å². The van der Waals surface area contributed by atoms with Crippen molar-refractivity contribution in [3.05, 3.63) is 0 Å². The monoisotopic (exact) mass is 323 g/mol. The smallest absolute Gasteiger partial charge is 0 e. The summed E-state index contributed by atoms with van der Waals surface area (Å²) in [5.41, 5.74) is 0. The molecule has 0 atom stereocenters. The molecule has 4 heavy (non-hydrogen) atoms. The molecule has 33 valence electrons. The Morgan fingerprint density at radius 1 is 1.25 bits per heavy atom. The topological polar surface area (TPSA) is 0 Å². The summed E-state index contributed by atoms with van der Waals surface area (Å²) in [5.74, 6) is 0. The van der Waals surface area contributed by atoms with E-state index in [9.17, 15) is 0 Å². The first kappa shape index (κ1) is 9.28. The molecule has 0 rings (SSSR count). The standard InChI is InChI=1S/Au.2ClH.Fe/h;2*1H;/q+2;;;/p-2. The van der Waals surface area contributed by atoms with Crippen molar-refractivity contribution in [2.75, 3.05) is 0 Å². The number of hydrogen-bond acceptors (Lipinski definition) is 0. The Morgan fingerprint density at radius 2 is 1.25 bits per heavy atom. The Hall–Kier alpha value is 1.84. The summed E-state index contributed by atoms with van der Waals surface area (Å²) in [4.78, 5) is 0. The minimum Gasteiger partial charge on any atom is 0 e. The molecule has 0 aromatic heterocycles. The zero-order chi connectivity index (χ0) is 2.71. The fraction of sp³-hybridized carbons (Fsp3) is 0. The molecule has 0 saturated heterocycles. The van der Waals surface area contributed by atoms with Crippen LogP contribution in [-0.4, -0.2) is 0 Å². The van der Waals surface area contributed by atoms with E-state index in [-0.39, 0.29) is 34.7 Å². The van der Waals surface area contributed by atoms with E-state index in [1.54, 1.807) is 0 Å². The molecular weight excluding hydrogens is 324 g/mol. The SMILES string of the molecule is [Cl][Au][Cl].[Fe]. The summed E-state index contributed by atoms with van der Waals surface area (Å²) in [7, 11) is 9.72. The molecule has 0 heterocycles. The summed E-state index contributed by atoms with van der Waals surface area (Å²) in [6.45, 7) is 0. The van der Waals surface area contributed by atoms with Gasteiger partial charge in [-0.3, -0.25) is 0 Å². The average Bonchev–Trinajstić information content (AvgIpc) is 0.918. The third-order valence-corrected chi connectivity index (χ3v) is 0. The molecule has 0 nitrogen and oxygen atoms in total. The van der Waals surface area contributed by atoms with Gasteiger partial charge >= 0.3 is 36.0 Å². The van der Waals surface area contributed by atoms with E-state index < -0.39 is 0 Å². The van der Waals surface area contributed by atoms with Crippen LogP contribution in [0.3, 0.4) is 0 Å². The van der Waals surface area contributed by atoms with E-state index in [0.717, 1.165) is 0 Å². The van der Waals surface area contributed by atoms with E-state index >= 15 is 0 Å². The number of halogens is 2. The summed E-state index contributed by atoms with van der Waals surface area (Å²) in [5, 5.41) is 0. The van der Waals surface area contributed by atoms with Gasteiger partial charge in [-0.05, 0) is 0 Å². The molecule has 0 saturated carbocycles. The molecule has 0 aromatic rings. The van der Waals surface area contributed by atoms with Gasteiger partial charge in [-0.25, -0.2) is 0 Å². The second-order valence-electron chi connectivity index (χ2n) is 0.0431. The molecule has 0 aliphatic carbocycles. The van der Waals surface area contributed by atoms with Crippen LogP contribution in [0.5, 0.6) is 0 Å². The van der Waals surface area contributed by atoms with Crippen molar-refractivity contribution in [2.45, 2.75) is 0 Å². The quantitative estimate of drug-likeness (QED) is 0.591. The van der Waals surface area contributed by atoms with Crippen molar-refractivity contribution < 1.29 is 34.7 Å². The largest absolute Gasteiger partial charge is 0 e. The zero-order valence-corrected chi connectivity index (χ0v) is 6.19. The van der Waals surface area contributed by atoms with E-state index in [0.29, 0.717) is 0 Å². The maximum absolute atomic E-state index is 4.86. The van der Waals surface area contributed by atoms with Gasteiger partial charge in [0.2, 0.25) is 0 Å². The Morgan fingerprint density at radius 3 is 1.25 bits per heavy atom. The summed E-state index contributed by atoms with van der Waals surface area (Å²) in [6, 6.07) is 0. The van der Waals surface area contributed by atoms with Crippen LogP contribution >= 0.6 is 18.4 Å². The molecule has 0 aromatic carbocycles. The molecule has 0 bridgehead atoms. The maximum Gasteiger partial charge on any atom is 0 e. The Balaban J connectivity index is 0. The molecule has 0 amide bonds. The van der Waals surface area contributed by atoms with Gasteiger partial charge in [0.25, 0.3) is 0 Å². The zero-order valence-electron chi connectivity index (χ0n) is 1.41. The molecule has 4 heteroatoms. The van der Waals surface area contributed by atoms with Gasteiger partial charge in [-0.2, -0.15) is 0 Å². The summed E-state index contributed by atoms with van der Waals surface area (Å²) >= 11 is -0.389. The van der Waals surface area contributed by atoms with Gasteiger partial charge in [-0.1, -0.05) is 0 Å². The van der Waals surface area contributed by atoms with Gasteiger partial charge < -0.3 is 0 Å². The van der Waals surface area contributed by atoms with E-state index in [1.807, 2.05) is 0 Å². The molecule has 0 aliphatic heterocycles. The fourth-order valence-electron chi connectivity index (χ4n) is 0. The molecular formula is AuCl2Fe. The van der Waals surface area contributed by atoms with Gasteiger partial charge in [0.1, 0.15) is 0 Å². The van der Waals surface area contributed by atoms with E-state index in [4.69, 9.17) is 18.4 Å². The molecule has 0 spiro atoms. The van der Waals surface area contributed by atoms with Crippen LogP contribution in [0.2, 0.25) is 0 Å². The fourth-order valence-corrected chi connectivity index (χ4v) is 0. The summed E-state index contributed by atoms with van der Waals surface area (Å²) in [6.07, 6.45) is 0. The molecule has 0 radical (unpaired) electrons. The predicted molar refractivity (Wildman–Crippen MR) is 11.7 cm³/mol. The maximum atomic E-state index is 4.86. The van der Waals surface area contributed by atoms with Crippen LogP contribution in [0.25, 0.3) is 0 Å². The van der Waals surface area contributed by atoms with Crippen LogP contribution in [0, 0.1) is 0 Å². The normalized spacial score (nSPS) is 5.50. The minimum atomic E-state index is -0.389. The van der Waals surface area contributed by atoms with Crippen LogP contribution in [0.1, 0.15) is 0 Å². The molecule has 0 unspecified atom stereocenters. The number of rotatable bonds is 0. The van der Waals surface area contributed by atoms with Crippen molar-refractivity contribution in [3.63, 3.8) is 0 Å². The van der Waals surface area contributed by atoms with Crippen molar-refractivity contribution >= 4 is 18.4 Å². The first-order valence-electron chi connectivity index (χ1n) is 0.228. The molecule has 0 fully saturated rings. The first-order chi connectivity index (χ1) is 1.41. The van der Waals surface area contributed by atoms with Crippen molar-refractivity contribution in [1.82, 2.24) is 0 Å².